The van der Waals surface area contributed by atoms with E-state index >= 15 is 0 Å². The standard InChI is InChI=1S/C16H32N4.HI/c1-4-17-16(19-14-8-6-5-7-9-14)18-12-13(2)20(3)15-10-11-15;/h13-15H,4-12H2,1-3H3,(H2,17,18,19);1H. The second kappa shape index (κ2) is 9.87. The van der Waals surface area contributed by atoms with E-state index in [-0.39, 0.29) is 24.0 Å². The van der Waals surface area contributed by atoms with Crippen LogP contribution in [0.5, 0.6) is 0 Å². The van der Waals surface area contributed by atoms with Gasteiger partial charge in [-0.05, 0) is 46.6 Å². The normalized spacial score (nSPS) is 21.8. The highest BCUT2D eigenvalue weighted by atomic mass is 127. The van der Waals surface area contributed by atoms with Crippen LogP contribution in [-0.4, -0.2) is 49.1 Å². The van der Waals surface area contributed by atoms with Gasteiger partial charge in [0.05, 0.1) is 6.54 Å². The van der Waals surface area contributed by atoms with Gasteiger partial charge in [0.2, 0.25) is 0 Å². The maximum Gasteiger partial charge on any atom is 0.191 e. The predicted octanol–water partition coefficient (Wildman–Crippen LogP) is 2.97. The van der Waals surface area contributed by atoms with Crippen molar-refractivity contribution < 1.29 is 0 Å². The molecule has 2 fully saturated rings. The van der Waals surface area contributed by atoms with Crippen LogP contribution < -0.4 is 10.6 Å². The first kappa shape index (κ1) is 19.0. The molecular formula is C16H33IN4. The third-order valence-corrected chi connectivity index (χ3v) is 4.62. The fourth-order valence-electron chi connectivity index (χ4n) is 2.95. The molecule has 1 atom stereocenters. The van der Waals surface area contributed by atoms with Gasteiger partial charge in [0.15, 0.2) is 5.96 Å². The molecule has 0 aromatic heterocycles. The minimum Gasteiger partial charge on any atom is -0.357 e. The quantitative estimate of drug-likeness (QED) is 0.403. The monoisotopic (exact) mass is 408 g/mol. The molecule has 0 bridgehead atoms. The molecule has 21 heavy (non-hydrogen) atoms. The molecule has 0 aromatic carbocycles. The number of nitrogens with zero attached hydrogens (tertiary/aromatic N) is 2. The van der Waals surface area contributed by atoms with Gasteiger partial charge in [0, 0.05) is 24.7 Å². The van der Waals surface area contributed by atoms with E-state index in [0.29, 0.717) is 12.1 Å². The minimum atomic E-state index is 0. The molecule has 1 unspecified atom stereocenters. The molecule has 0 aromatic rings. The van der Waals surface area contributed by atoms with Crippen molar-refractivity contribution in [3.63, 3.8) is 0 Å². The summed E-state index contributed by atoms with van der Waals surface area (Å²) in [7, 11) is 2.24. The van der Waals surface area contributed by atoms with Crippen molar-refractivity contribution in [3.8, 4) is 0 Å². The van der Waals surface area contributed by atoms with E-state index in [4.69, 9.17) is 4.99 Å². The van der Waals surface area contributed by atoms with Crippen molar-refractivity contribution in [2.24, 2.45) is 4.99 Å². The Kier molecular flexibility index (Phi) is 8.94. The summed E-state index contributed by atoms with van der Waals surface area (Å²) in [5, 5.41) is 7.01. The number of hydrogen-bond acceptors (Lipinski definition) is 2. The van der Waals surface area contributed by atoms with Gasteiger partial charge in [0.25, 0.3) is 0 Å². The molecular weight excluding hydrogens is 375 g/mol. The van der Waals surface area contributed by atoms with Crippen LogP contribution in [0, 0.1) is 0 Å². The molecule has 2 aliphatic rings. The molecule has 2 rings (SSSR count). The highest BCUT2D eigenvalue weighted by molar-refractivity contribution is 14.0. The summed E-state index contributed by atoms with van der Waals surface area (Å²) in [6, 6.07) is 1.97. The van der Waals surface area contributed by atoms with Crippen molar-refractivity contribution >= 4 is 29.9 Å². The van der Waals surface area contributed by atoms with Gasteiger partial charge in [-0.3, -0.25) is 9.89 Å². The zero-order valence-electron chi connectivity index (χ0n) is 13.9. The Morgan fingerprint density at radius 1 is 1.19 bits per heavy atom. The molecule has 2 N–H and O–H groups in total. The van der Waals surface area contributed by atoms with E-state index in [2.05, 4.69) is 36.4 Å². The fraction of sp³-hybridized carbons (Fsp3) is 0.938. The maximum absolute atomic E-state index is 4.79. The van der Waals surface area contributed by atoms with Crippen molar-refractivity contribution in [1.29, 1.82) is 0 Å². The highest BCUT2D eigenvalue weighted by Crippen LogP contribution is 2.26. The number of halogens is 1. The second-order valence-corrected chi connectivity index (χ2v) is 6.44. The topological polar surface area (TPSA) is 39.7 Å². The highest BCUT2D eigenvalue weighted by Gasteiger charge is 2.28. The molecule has 0 radical (unpaired) electrons. The third kappa shape index (κ3) is 6.72. The van der Waals surface area contributed by atoms with Gasteiger partial charge in [-0.25, -0.2) is 0 Å². The van der Waals surface area contributed by atoms with Crippen LogP contribution in [0.3, 0.4) is 0 Å². The van der Waals surface area contributed by atoms with Gasteiger partial charge in [-0.1, -0.05) is 19.3 Å². The number of rotatable bonds is 6. The Balaban J connectivity index is 0.00000220. The minimum absolute atomic E-state index is 0. The molecule has 4 nitrogen and oxygen atoms in total. The first-order valence-electron chi connectivity index (χ1n) is 8.47. The van der Waals surface area contributed by atoms with Gasteiger partial charge < -0.3 is 10.6 Å². The smallest absolute Gasteiger partial charge is 0.191 e. The Morgan fingerprint density at radius 2 is 1.86 bits per heavy atom. The third-order valence-electron chi connectivity index (χ3n) is 4.62. The summed E-state index contributed by atoms with van der Waals surface area (Å²) in [6.45, 7) is 6.24. The van der Waals surface area contributed by atoms with E-state index in [1.165, 1.54) is 44.9 Å². The van der Waals surface area contributed by atoms with Gasteiger partial charge in [-0.2, -0.15) is 0 Å². The first-order chi connectivity index (χ1) is 9.70. The van der Waals surface area contributed by atoms with E-state index in [0.717, 1.165) is 25.1 Å². The average molecular weight is 408 g/mol. The molecule has 2 aliphatic carbocycles. The SMILES string of the molecule is CCNC(=NCC(C)N(C)C1CC1)NC1CCCCC1.I. The lowest BCUT2D eigenvalue weighted by atomic mass is 9.96. The summed E-state index contributed by atoms with van der Waals surface area (Å²) >= 11 is 0. The molecule has 0 amide bonds. The van der Waals surface area contributed by atoms with E-state index < -0.39 is 0 Å². The fourth-order valence-corrected chi connectivity index (χ4v) is 2.95. The van der Waals surface area contributed by atoms with Crippen LogP contribution in [-0.2, 0) is 0 Å². The molecule has 0 spiro atoms. The van der Waals surface area contributed by atoms with Crippen molar-refractivity contribution in [1.82, 2.24) is 15.5 Å². The van der Waals surface area contributed by atoms with Crippen LogP contribution in [0.2, 0.25) is 0 Å². The summed E-state index contributed by atoms with van der Waals surface area (Å²) in [6.07, 6.45) is 9.44. The van der Waals surface area contributed by atoms with Gasteiger partial charge in [-0.15, -0.1) is 24.0 Å². The Hall–Kier alpha value is -0.0400. The lowest BCUT2D eigenvalue weighted by Crippen LogP contribution is -2.45. The van der Waals surface area contributed by atoms with E-state index in [1.54, 1.807) is 0 Å². The first-order valence-corrected chi connectivity index (χ1v) is 8.47. The number of aliphatic imine (C=N–C) groups is 1. The Morgan fingerprint density at radius 3 is 2.43 bits per heavy atom. The van der Waals surface area contributed by atoms with Crippen LogP contribution in [0.25, 0.3) is 0 Å². The van der Waals surface area contributed by atoms with Gasteiger partial charge in [0.1, 0.15) is 0 Å². The second-order valence-electron chi connectivity index (χ2n) is 6.44. The molecule has 2 saturated carbocycles. The molecule has 5 heteroatoms. The number of likely N-dealkylation sites (N-methyl/N-ethyl adjacent to an activating group) is 1. The zero-order valence-corrected chi connectivity index (χ0v) is 16.2. The largest absolute Gasteiger partial charge is 0.357 e. The van der Waals surface area contributed by atoms with Crippen LogP contribution in [0.15, 0.2) is 4.99 Å². The number of nitrogens with one attached hydrogen (secondary N) is 2. The molecule has 0 saturated heterocycles. The summed E-state index contributed by atoms with van der Waals surface area (Å²) in [5.41, 5.74) is 0. The van der Waals surface area contributed by atoms with E-state index in [1.807, 2.05) is 0 Å². The average Bonchev–Trinajstić information content (AvgIpc) is 3.29. The molecule has 0 heterocycles. The molecule has 0 aliphatic heterocycles. The zero-order chi connectivity index (χ0) is 14.4. The predicted molar refractivity (Wildman–Crippen MR) is 102 cm³/mol. The number of hydrogen-bond donors (Lipinski definition) is 2. The maximum atomic E-state index is 4.79. The molecule has 124 valence electrons. The van der Waals surface area contributed by atoms with Crippen molar-refractivity contribution in [2.75, 3.05) is 20.1 Å². The van der Waals surface area contributed by atoms with Crippen LogP contribution in [0.4, 0.5) is 0 Å². The van der Waals surface area contributed by atoms with Gasteiger partial charge >= 0.3 is 0 Å². The van der Waals surface area contributed by atoms with Crippen LogP contribution in [0.1, 0.15) is 58.8 Å². The summed E-state index contributed by atoms with van der Waals surface area (Å²) in [4.78, 5) is 7.27. The van der Waals surface area contributed by atoms with Crippen molar-refractivity contribution in [3.05, 3.63) is 0 Å². The Bertz CT molecular complexity index is 311. The lowest BCUT2D eigenvalue weighted by molar-refractivity contribution is 0.253. The van der Waals surface area contributed by atoms with Crippen LogP contribution >= 0.6 is 24.0 Å². The Labute approximate surface area is 147 Å². The number of guanidine groups is 1. The summed E-state index contributed by atoms with van der Waals surface area (Å²) in [5.74, 6) is 1.01. The van der Waals surface area contributed by atoms with E-state index in [9.17, 15) is 0 Å². The lowest BCUT2D eigenvalue weighted by Gasteiger charge is -2.26. The van der Waals surface area contributed by atoms with Crippen molar-refractivity contribution in [2.45, 2.75) is 76.9 Å². The summed E-state index contributed by atoms with van der Waals surface area (Å²) < 4.78 is 0.